The van der Waals surface area contributed by atoms with Crippen LogP contribution in [0.15, 0.2) is 29.2 Å². The molecule has 140 valence electrons. The van der Waals surface area contributed by atoms with E-state index < -0.39 is 10.0 Å². The minimum absolute atomic E-state index is 0.0170. The zero-order chi connectivity index (χ0) is 18.6. The quantitative estimate of drug-likeness (QED) is 0.859. The van der Waals surface area contributed by atoms with Crippen molar-refractivity contribution < 1.29 is 13.2 Å². The average Bonchev–Trinajstić information content (AvgIpc) is 2.67. The number of benzene rings is 1. The van der Waals surface area contributed by atoms with E-state index in [1.54, 1.807) is 4.31 Å². The average molecular weight is 375 g/mol. The van der Waals surface area contributed by atoms with E-state index in [2.05, 4.69) is 5.32 Å². The van der Waals surface area contributed by atoms with Crippen LogP contribution < -0.4 is 5.32 Å². The molecule has 1 aliphatic heterocycles. The fraction of sp³-hybridized carbons (Fsp3) is 0.579. The van der Waals surface area contributed by atoms with Crippen molar-refractivity contribution in [2.75, 3.05) is 13.1 Å². The molecule has 6 nitrogen and oxygen atoms in total. The van der Waals surface area contributed by atoms with Crippen molar-refractivity contribution >= 4 is 15.9 Å². The molecule has 1 N–H and O–H groups in total. The Morgan fingerprint density at radius 2 is 1.77 bits per heavy atom. The lowest BCUT2D eigenvalue weighted by Crippen LogP contribution is -2.51. The fourth-order valence-corrected chi connectivity index (χ4v) is 5.70. The topological polar surface area (TPSA) is 90.3 Å². The van der Waals surface area contributed by atoms with Crippen molar-refractivity contribution in [3.8, 4) is 6.07 Å². The second-order valence-electron chi connectivity index (χ2n) is 7.06. The highest BCUT2D eigenvalue weighted by Gasteiger charge is 2.40. The summed E-state index contributed by atoms with van der Waals surface area (Å²) in [5.41, 5.74) is 0.430. The molecule has 1 amide bonds. The molecule has 7 heteroatoms. The Labute approximate surface area is 155 Å². The molecule has 0 radical (unpaired) electrons. The van der Waals surface area contributed by atoms with E-state index in [4.69, 9.17) is 5.26 Å². The van der Waals surface area contributed by atoms with Crippen molar-refractivity contribution in [2.24, 2.45) is 5.92 Å². The molecule has 0 spiro atoms. The predicted molar refractivity (Wildman–Crippen MR) is 97.7 cm³/mol. The lowest BCUT2D eigenvalue weighted by Gasteiger charge is -2.39. The van der Waals surface area contributed by atoms with Crippen LogP contribution in [0.25, 0.3) is 0 Å². The van der Waals surface area contributed by atoms with E-state index in [-0.39, 0.29) is 22.8 Å². The lowest BCUT2D eigenvalue weighted by molar-refractivity contribution is -0.127. The van der Waals surface area contributed by atoms with Gasteiger partial charge in [-0.2, -0.15) is 9.57 Å². The van der Waals surface area contributed by atoms with Crippen LogP contribution in [-0.4, -0.2) is 37.8 Å². The lowest BCUT2D eigenvalue weighted by atomic mass is 9.83. The summed E-state index contributed by atoms with van der Waals surface area (Å²) in [6, 6.07) is 7.75. The minimum atomic E-state index is -3.70. The molecule has 2 aliphatic rings. The van der Waals surface area contributed by atoms with Crippen LogP contribution in [0.1, 0.15) is 50.5 Å². The smallest absolute Gasteiger partial charge is 0.243 e. The van der Waals surface area contributed by atoms with Crippen LogP contribution >= 0.6 is 0 Å². The SMILES string of the molecule is N#Cc1ccc(S(=O)(=O)N2CCCCCNC(=O)[C@@H]3CCCC[C@@H]32)cc1. The Bertz CT molecular complexity index is 783. The predicted octanol–water partition coefficient (Wildman–Crippen LogP) is 2.41. The zero-order valence-corrected chi connectivity index (χ0v) is 15.7. The molecule has 3 rings (SSSR count). The van der Waals surface area contributed by atoms with E-state index in [1.807, 2.05) is 6.07 Å². The van der Waals surface area contributed by atoms with Crippen LogP contribution in [0.4, 0.5) is 0 Å². The number of carbonyl (C=O) groups excluding carboxylic acids is 1. The molecule has 1 saturated heterocycles. The summed E-state index contributed by atoms with van der Waals surface area (Å²) < 4.78 is 28.2. The van der Waals surface area contributed by atoms with E-state index in [9.17, 15) is 13.2 Å². The molecule has 1 aliphatic carbocycles. The van der Waals surface area contributed by atoms with Gasteiger partial charge in [0.15, 0.2) is 0 Å². The Morgan fingerprint density at radius 3 is 2.50 bits per heavy atom. The van der Waals surface area contributed by atoms with Gasteiger partial charge in [-0.3, -0.25) is 4.79 Å². The highest BCUT2D eigenvalue weighted by Crippen LogP contribution is 2.33. The van der Waals surface area contributed by atoms with Crippen molar-refractivity contribution in [2.45, 2.75) is 55.9 Å². The normalized spacial score (nSPS) is 25.6. The van der Waals surface area contributed by atoms with E-state index >= 15 is 0 Å². The van der Waals surface area contributed by atoms with Crippen molar-refractivity contribution in [1.29, 1.82) is 5.26 Å². The Morgan fingerprint density at radius 1 is 1.04 bits per heavy atom. The summed E-state index contributed by atoms with van der Waals surface area (Å²) in [6.45, 7) is 1.11. The molecule has 0 unspecified atom stereocenters. The molecular weight excluding hydrogens is 350 g/mol. The van der Waals surface area contributed by atoms with Gasteiger partial charge in [0.1, 0.15) is 0 Å². The summed E-state index contributed by atoms with van der Waals surface area (Å²) in [4.78, 5) is 12.8. The van der Waals surface area contributed by atoms with Gasteiger partial charge in [0.05, 0.1) is 22.4 Å². The molecule has 1 heterocycles. The molecule has 1 aromatic rings. The molecular formula is C19H25N3O3S. The molecule has 1 saturated carbocycles. The van der Waals surface area contributed by atoms with Gasteiger partial charge in [-0.05, 0) is 49.9 Å². The van der Waals surface area contributed by atoms with Crippen LogP contribution in [-0.2, 0) is 14.8 Å². The number of rotatable bonds is 2. The summed E-state index contributed by atoms with van der Waals surface area (Å²) in [5.74, 6) is -0.299. The van der Waals surface area contributed by atoms with E-state index in [0.29, 0.717) is 25.1 Å². The fourth-order valence-electron chi connectivity index (χ4n) is 3.98. The largest absolute Gasteiger partial charge is 0.356 e. The van der Waals surface area contributed by atoms with Gasteiger partial charge in [0.2, 0.25) is 15.9 Å². The standard InChI is InChI=1S/C19H25N3O3S/c20-14-15-8-10-16(11-9-15)26(24,25)22-13-5-1-4-12-21-19(23)17-6-2-3-7-18(17)22/h8-11,17-18H,1-7,12-13H2,(H,21,23)/t17-,18+/m1/s1. The number of amides is 1. The van der Waals surface area contributed by atoms with Gasteiger partial charge < -0.3 is 5.32 Å². The number of hydrogen-bond donors (Lipinski definition) is 1. The molecule has 26 heavy (non-hydrogen) atoms. The molecule has 2 atom stereocenters. The molecule has 0 aromatic heterocycles. The van der Waals surface area contributed by atoms with Gasteiger partial charge in [0.25, 0.3) is 0 Å². The van der Waals surface area contributed by atoms with E-state index in [1.165, 1.54) is 24.3 Å². The summed E-state index contributed by atoms with van der Waals surface area (Å²) in [5, 5.41) is 11.9. The van der Waals surface area contributed by atoms with Crippen LogP contribution in [0.5, 0.6) is 0 Å². The first kappa shape index (κ1) is 18.9. The maximum absolute atomic E-state index is 13.3. The number of nitrogens with zero attached hydrogens (tertiary/aromatic N) is 2. The van der Waals surface area contributed by atoms with E-state index in [0.717, 1.165) is 38.5 Å². The zero-order valence-electron chi connectivity index (χ0n) is 14.9. The number of fused-ring (bicyclic) bond motifs is 1. The minimum Gasteiger partial charge on any atom is -0.356 e. The Hall–Kier alpha value is -1.91. The third-order valence-corrected chi connectivity index (χ3v) is 7.32. The monoisotopic (exact) mass is 375 g/mol. The number of sulfonamides is 1. The number of carbonyl (C=O) groups is 1. The van der Waals surface area contributed by atoms with Crippen LogP contribution in [0, 0.1) is 17.2 Å². The summed E-state index contributed by atoms with van der Waals surface area (Å²) in [6.07, 6.45) is 5.89. The molecule has 0 bridgehead atoms. The van der Waals surface area contributed by atoms with Gasteiger partial charge in [0, 0.05) is 19.1 Å². The summed E-state index contributed by atoms with van der Waals surface area (Å²) >= 11 is 0. The highest BCUT2D eigenvalue weighted by atomic mass is 32.2. The van der Waals surface area contributed by atoms with Gasteiger partial charge >= 0.3 is 0 Å². The van der Waals surface area contributed by atoms with Gasteiger partial charge in [-0.1, -0.05) is 19.3 Å². The van der Waals surface area contributed by atoms with Crippen LogP contribution in [0.2, 0.25) is 0 Å². The second kappa shape index (κ2) is 8.19. The summed E-state index contributed by atoms with van der Waals surface area (Å²) in [7, 11) is -3.70. The Balaban J connectivity index is 1.96. The molecule has 2 fully saturated rings. The van der Waals surface area contributed by atoms with Crippen molar-refractivity contribution in [3.63, 3.8) is 0 Å². The second-order valence-corrected chi connectivity index (χ2v) is 8.95. The Kier molecular flexibility index (Phi) is 5.94. The third-order valence-electron chi connectivity index (χ3n) is 5.38. The first-order valence-electron chi connectivity index (χ1n) is 9.34. The number of nitriles is 1. The first-order chi connectivity index (χ1) is 12.5. The number of hydrogen-bond acceptors (Lipinski definition) is 4. The maximum Gasteiger partial charge on any atom is 0.243 e. The first-order valence-corrected chi connectivity index (χ1v) is 10.8. The number of nitrogens with one attached hydrogen (secondary N) is 1. The third kappa shape index (κ3) is 3.92. The highest BCUT2D eigenvalue weighted by molar-refractivity contribution is 7.89. The maximum atomic E-state index is 13.3. The van der Waals surface area contributed by atoms with Crippen molar-refractivity contribution in [1.82, 2.24) is 9.62 Å². The van der Waals surface area contributed by atoms with Crippen LogP contribution in [0.3, 0.4) is 0 Å². The van der Waals surface area contributed by atoms with Crippen molar-refractivity contribution in [3.05, 3.63) is 29.8 Å². The molecule has 1 aromatic carbocycles. The van der Waals surface area contributed by atoms with Gasteiger partial charge in [-0.15, -0.1) is 0 Å². The van der Waals surface area contributed by atoms with Gasteiger partial charge in [-0.25, -0.2) is 8.42 Å².